The Balaban J connectivity index is 1.61. The molecule has 1 amide bonds. The Morgan fingerprint density at radius 1 is 1.31 bits per heavy atom. The van der Waals surface area contributed by atoms with E-state index >= 15 is 0 Å². The highest BCUT2D eigenvalue weighted by molar-refractivity contribution is 9.10. The number of benzene rings is 1. The number of amides is 1. The molecule has 4 aliphatic rings. The zero-order valence-corrected chi connectivity index (χ0v) is 17.7. The van der Waals surface area contributed by atoms with E-state index in [9.17, 15) is 4.79 Å². The molecule has 4 heteroatoms. The second kappa shape index (κ2) is 6.54. The molecule has 4 aliphatic carbocycles. The molecule has 5 rings (SSSR count). The quantitative estimate of drug-likeness (QED) is 0.602. The molecular formula is C22H30BrNO2. The average Bonchev–Trinajstić information content (AvgIpc) is 2.60. The lowest BCUT2D eigenvalue weighted by molar-refractivity contribution is -0.157. The number of hydrogen-bond acceptors (Lipinski definition) is 2. The zero-order chi connectivity index (χ0) is 18.5. The lowest BCUT2D eigenvalue weighted by Gasteiger charge is -2.60. The number of carbonyl (C=O) groups is 1. The molecule has 0 aliphatic heterocycles. The first-order valence-electron chi connectivity index (χ1n) is 10.0. The molecule has 0 N–H and O–H groups in total. The summed E-state index contributed by atoms with van der Waals surface area (Å²) >= 11 is 4.05. The predicted octanol–water partition coefficient (Wildman–Crippen LogP) is 5.34. The van der Waals surface area contributed by atoms with Gasteiger partial charge in [-0.05, 0) is 81.9 Å². The molecule has 4 saturated carbocycles. The summed E-state index contributed by atoms with van der Waals surface area (Å²) in [4.78, 5) is 15.9. The van der Waals surface area contributed by atoms with E-state index in [1.54, 1.807) is 7.11 Å². The van der Waals surface area contributed by atoms with E-state index < -0.39 is 0 Å². The van der Waals surface area contributed by atoms with Crippen molar-refractivity contribution in [1.29, 1.82) is 0 Å². The van der Waals surface area contributed by atoms with Crippen molar-refractivity contribution in [1.82, 2.24) is 4.90 Å². The van der Waals surface area contributed by atoms with Crippen LogP contribution in [0.5, 0.6) is 5.75 Å². The van der Waals surface area contributed by atoms with Gasteiger partial charge in [-0.1, -0.05) is 28.1 Å². The van der Waals surface area contributed by atoms with Gasteiger partial charge in [0.15, 0.2) is 0 Å². The molecule has 4 bridgehead atoms. The molecule has 0 radical (unpaired) electrons. The van der Waals surface area contributed by atoms with Gasteiger partial charge in [0.25, 0.3) is 0 Å². The Bertz CT molecular complexity index is 689. The summed E-state index contributed by atoms with van der Waals surface area (Å²) in [6.45, 7) is 5.02. The normalized spacial score (nSPS) is 36.0. The first-order chi connectivity index (χ1) is 12.4. The third-order valence-corrected chi connectivity index (χ3v) is 8.02. The number of hydrogen-bond donors (Lipinski definition) is 0. The molecular weight excluding hydrogens is 390 g/mol. The number of carbonyl (C=O) groups excluding carboxylic acids is 1. The number of alkyl halides is 1. The third kappa shape index (κ3) is 2.98. The van der Waals surface area contributed by atoms with Gasteiger partial charge < -0.3 is 9.64 Å². The number of methoxy groups -OCH3 is 1. The first-order valence-corrected chi connectivity index (χ1v) is 10.8. The van der Waals surface area contributed by atoms with Gasteiger partial charge in [-0.2, -0.15) is 0 Å². The molecule has 1 aromatic rings. The van der Waals surface area contributed by atoms with Gasteiger partial charge in [0.2, 0.25) is 5.91 Å². The molecule has 3 unspecified atom stereocenters. The van der Waals surface area contributed by atoms with Crippen molar-refractivity contribution in [3.05, 3.63) is 29.8 Å². The summed E-state index contributed by atoms with van der Waals surface area (Å²) in [5, 5.41) is 0. The smallest absolute Gasteiger partial charge is 0.229 e. The largest absolute Gasteiger partial charge is 0.497 e. The Kier molecular flexibility index (Phi) is 4.61. The second-order valence-electron chi connectivity index (χ2n) is 8.94. The maximum atomic E-state index is 13.8. The van der Waals surface area contributed by atoms with E-state index in [1.807, 2.05) is 12.1 Å². The van der Waals surface area contributed by atoms with Crippen LogP contribution in [0.4, 0.5) is 0 Å². The van der Waals surface area contributed by atoms with Gasteiger partial charge in [-0.25, -0.2) is 0 Å². The second-order valence-corrected chi connectivity index (χ2v) is 10.6. The molecule has 3 atom stereocenters. The highest BCUT2D eigenvalue weighted by atomic mass is 79.9. The molecule has 1 aromatic carbocycles. The minimum Gasteiger partial charge on any atom is -0.497 e. The summed E-state index contributed by atoms with van der Waals surface area (Å²) in [5.41, 5.74) is 1.01. The van der Waals surface area contributed by atoms with Crippen LogP contribution in [0, 0.1) is 17.3 Å². The van der Waals surface area contributed by atoms with Gasteiger partial charge in [0.1, 0.15) is 5.75 Å². The van der Waals surface area contributed by atoms with Gasteiger partial charge in [0.05, 0.1) is 18.6 Å². The highest BCUT2D eigenvalue weighted by Gasteiger charge is 2.60. The fourth-order valence-corrected chi connectivity index (χ4v) is 7.83. The third-order valence-electron chi connectivity index (χ3n) is 7.09. The van der Waals surface area contributed by atoms with Crippen molar-refractivity contribution in [2.75, 3.05) is 13.7 Å². The number of halogens is 1. The van der Waals surface area contributed by atoms with Crippen molar-refractivity contribution in [2.45, 2.75) is 62.7 Å². The predicted molar refractivity (Wildman–Crippen MR) is 108 cm³/mol. The van der Waals surface area contributed by atoms with Crippen LogP contribution in [-0.4, -0.2) is 28.8 Å². The topological polar surface area (TPSA) is 29.5 Å². The van der Waals surface area contributed by atoms with Crippen LogP contribution < -0.4 is 4.74 Å². The number of nitrogens with zero attached hydrogens (tertiary/aromatic N) is 1. The van der Waals surface area contributed by atoms with Crippen LogP contribution in [0.1, 0.15) is 64.0 Å². The maximum absolute atomic E-state index is 13.8. The van der Waals surface area contributed by atoms with Crippen LogP contribution in [-0.2, 0) is 4.79 Å². The van der Waals surface area contributed by atoms with E-state index in [0.717, 1.165) is 49.0 Å². The van der Waals surface area contributed by atoms with Gasteiger partial charge in [-0.15, -0.1) is 0 Å². The summed E-state index contributed by atoms with van der Waals surface area (Å²) in [6.07, 6.45) is 7.06. The molecule has 4 fully saturated rings. The number of ether oxygens (including phenoxy) is 1. The van der Waals surface area contributed by atoms with Crippen molar-refractivity contribution in [2.24, 2.45) is 17.3 Å². The Hall–Kier alpha value is -1.03. The average molecular weight is 420 g/mol. The molecule has 142 valence electrons. The summed E-state index contributed by atoms with van der Waals surface area (Å²) in [6, 6.07) is 8.21. The fourth-order valence-electron chi connectivity index (χ4n) is 6.38. The maximum Gasteiger partial charge on any atom is 0.229 e. The van der Waals surface area contributed by atoms with Crippen LogP contribution in [0.25, 0.3) is 0 Å². The van der Waals surface area contributed by atoms with Crippen molar-refractivity contribution < 1.29 is 9.53 Å². The first kappa shape index (κ1) is 18.3. The Labute approximate surface area is 165 Å². The standard InChI is InChI=1S/C22H30BrNO2/c1-4-24(15(2)18-6-5-7-19(9-18)26-3)20(25)21-10-16-8-17(11-21)13-22(23,12-16)14-21/h5-7,9,15-17H,4,8,10-14H2,1-3H3. The molecule has 0 heterocycles. The van der Waals surface area contributed by atoms with Crippen LogP contribution in [0.3, 0.4) is 0 Å². The summed E-state index contributed by atoms with van der Waals surface area (Å²) < 4.78 is 5.60. The lowest BCUT2D eigenvalue weighted by Crippen LogP contribution is -2.59. The van der Waals surface area contributed by atoms with E-state index in [4.69, 9.17) is 4.74 Å². The van der Waals surface area contributed by atoms with Crippen LogP contribution >= 0.6 is 15.9 Å². The van der Waals surface area contributed by atoms with Gasteiger partial charge in [0, 0.05) is 10.9 Å². The Morgan fingerprint density at radius 2 is 2.00 bits per heavy atom. The molecule has 0 saturated heterocycles. The van der Waals surface area contributed by atoms with E-state index in [-0.39, 0.29) is 15.8 Å². The van der Waals surface area contributed by atoms with Gasteiger partial charge >= 0.3 is 0 Å². The van der Waals surface area contributed by atoms with Crippen molar-refractivity contribution in [3.63, 3.8) is 0 Å². The van der Waals surface area contributed by atoms with Gasteiger partial charge in [-0.3, -0.25) is 4.79 Å². The summed E-state index contributed by atoms with van der Waals surface area (Å²) in [5.74, 6) is 2.69. The minimum absolute atomic E-state index is 0.0712. The fraction of sp³-hybridized carbons (Fsp3) is 0.682. The van der Waals surface area contributed by atoms with E-state index in [1.165, 1.54) is 19.3 Å². The van der Waals surface area contributed by atoms with E-state index in [0.29, 0.717) is 5.91 Å². The van der Waals surface area contributed by atoms with Crippen LogP contribution in [0.2, 0.25) is 0 Å². The Morgan fingerprint density at radius 3 is 2.58 bits per heavy atom. The van der Waals surface area contributed by atoms with Crippen molar-refractivity contribution in [3.8, 4) is 5.75 Å². The van der Waals surface area contributed by atoms with Crippen molar-refractivity contribution >= 4 is 21.8 Å². The SMILES string of the molecule is CCN(C(=O)C12CC3CC(CC(Br)(C3)C1)C2)C(C)c1cccc(OC)c1. The molecule has 26 heavy (non-hydrogen) atoms. The monoisotopic (exact) mass is 419 g/mol. The number of rotatable bonds is 5. The molecule has 0 spiro atoms. The summed E-state index contributed by atoms with van der Waals surface area (Å²) in [7, 11) is 1.69. The molecule has 0 aromatic heterocycles. The van der Waals surface area contributed by atoms with E-state index in [2.05, 4.69) is 46.8 Å². The lowest BCUT2D eigenvalue weighted by atomic mass is 9.49. The molecule has 3 nitrogen and oxygen atoms in total. The van der Waals surface area contributed by atoms with Crippen LogP contribution in [0.15, 0.2) is 24.3 Å². The minimum atomic E-state index is -0.142. The zero-order valence-electron chi connectivity index (χ0n) is 16.1. The highest BCUT2D eigenvalue weighted by Crippen LogP contribution is 2.65.